The molecule has 0 saturated carbocycles. The number of morpholine rings is 1. The normalized spacial score (nSPS) is 13.6. The second kappa shape index (κ2) is 10.4. The highest BCUT2D eigenvalue weighted by atomic mass is 19.1. The van der Waals surface area contributed by atoms with Crippen LogP contribution in [0.1, 0.15) is 11.1 Å². The zero-order valence-corrected chi connectivity index (χ0v) is 18.3. The molecule has 0 bridgehead atoms. The van der Waals surface area contributed by atoms with Gasteiger partial charge in [0.25, 0.3) is 0 Å². The van der Waals surface area contributed by atoms with Crippen molar-refractivity contribution >= 4 is 28.8 Å². The molecule has 7 nitrogen and oxygen atoms in total. The molecule has 1 aliphatic heterocycles. The van der Waals surface area contributed by atoms with Crippen LogP contribution in [0.15, 0.2) is 48.7 Å². The summed E-state index contributed by atoms with van der Waals surface area (Å²) in [6, 6.07) is 9.57. The molecule has 1 amide bonds. The molecule has 0 radical (unpaired) electrons. The van der Waals surface area contributed by atoms with E-state index in [4.69, 9.17) is 10.5 Å². The van der Waals surface area contributed by atoms with E-state index in [0.29, 0.717) is 60.3 Å². The Labute approximate surface area is 194 Å². The Bertz CT molecular complexity index is 1170. The number of hydrogen-bond donors (Lipinski definition) is 3. The Morgan fingerprint density at radius 1 is 1.06 bits per heavy atom. The van der Waals surface area contributed by atoms with Crippen LogP contribution in [0.2, 0.25) is 0 Å². The van der Waals surface area contributed by atoms with E-state index in [1.54, 1.807) is 18.2 Å². The van der Waals surface area contributed by atoms with Crippen molar-refractivity contribution in [2.75, 3.05) is 41.8 Å². The average Bonchev–Trinajstić information content (AvgIpc) is 2.80. The molecular weight excluding hydrogens is 447 g/mol. The minimum Gasteiger partial charge on any atom is -0.381 e. The molecule has 178 valence electrons. The van der Waals surface area contributed by atoms with Gasteiger partial charge in [0.2, 0.25) is 5.91 Å². The van der Waals surface area contributed by atoms with Crippen molar-refractivity contribution in [2.24, 2.45) is 5.73 Å². The molecule has 1 saturated heterocycles. The molecule has 0 spiro atoms. The van der Waals surface area contributed by atoms with Crippen LogP contribution in [0.4, 0.5) is 36.1 Å². The summed E-state index contributed by atoms with van der Waals surface area (Å²) in [7, 11) is 0. The molecule has 0 unspecified atom stereocenters. The van der Waals surface area contributed by atoms with E-state index in [9.17, 15) is 18.0 Å². The Balaban J connectivity index is 1.56. The van der Waals surface area contributed by atoms with Gasteiger partial charge in [0.05, 0.1) is 25.3 Å². The van der Waals surface area contributed by atoms with E-state index < -0.39 is 17.5 Å². The maximum atomic E-state index is 14.4. The highest BCUT2D eigenvalue weighted by Crippen LogP contribution is 2.28. The lowest BCUT2D eigenvalue weighted by Crippen LogP contribution is -2.36. The molecule has 1 aromatic heterocycles. The number of aromatic nitrogens is 1. The van der Waals surface area contributed by atoms with Crippen LogP contribution in [0.5, 0.6) is 0 Å². The van der Waals surface area contributed by atoms with Crippen molar-refractivity contribution in [1.82, 2.24) is 4.98 Å². The first-order valence-corrected chi connectivity index (χ1v) is 10.7. The van der Waals surface area contributed by atoms with Crippen molar-refractivity contribution in [3.8, 4) is 0 Å². The highest BCUT2D eigenvalue weighted by molar-refractivity contribution is 5.79. The third-order valence-corrected chi connectivity index (χ3v) is 5.33. The molecule has 1 aliphatic rings. The highest BCUT2D eigenvalue weighted by Gasteiger charge is 2.16. The van der Waals surface area contributed by atoms with Gasteiger partial charge in [-0.25, -0.2) is 18.2 Å². The summed E-state index contributed by atoms with van der Waals surface area (Å²) in [5, 5.41) is 6.22. The zero-order valence-electron chi connectivity index (χ0n) is 18.3. The summed E-state index contributed by atoms with van der Waals surface area (Å²) in [6.45, 7) is 2.36. The van der Waals surface area contributed by atoms with E-state index in [-0.39, 0.29) is 18.8 Å². The molecule has 34 heavy (non-hydrogen) atoms. The number of nitrogens with two attached hydrogens (primary N) is 1. The lowest BCUT2D eigenvalue weighted by Gasteiger charge is -2.29. The predicted octanol–water partition coefficient (Wildman–Crippen LogP) is 3.72. The molecule has 0 aliphatic carbocycles. The molecule has 4 N–H and O–H groups in total. The van der Waals surface area contributed by atoms with Gasteiger partial charge in [-0.1, -0.05) is 0 Å². The van der Waals surface area contributed by atoms with Crippen molar-refractivity contribution < 1.29 is 22.7 Å². The van der Waals surface area contributed by atoms with Crippen LogP contribution < -0.4 is 21.3 Å². The van der Waals surface area contributed by atoms with Crippen LogP contribution in [-0.4, -0.2) is 37.2 Å². The third-order valence-electron chi connectivity index (χ3n) is 5.33. The summed E-state index contributed by atoms with van der Waals surface area (Å²) >= 11 is 0. The molecule has 4 rings (SSSR count). The van der Waals surface area contributed by atoms with E-state index in [1.165, 1.54) is 24.4 Å². The maximum absolute atomic E-state index is 14.4. The fourth-order valence-corrected chi connectivity index (χ4v) is 3.74. The van der Waals surface area contributed by atoms with Crippen molar-refractivity contribution in [1.29, 1.82) is 0 Å². The molecule has 2 heterocycles. The van der Waals surface area contributed by atoms with Crippen LogP contribution in [-0.2, 0) is 22.5 Å². The van der Waals surface area contributed by atoms with Crippen LogP contribution in [0, 0.1) is 17.5 Å². The first-order chi connectivity index (χ1) is 16.4. The van der Waals surface area contributed by atoms with E-state index >= 15 is 0 Å². The minimum absolute atomic E-state index is 0.0646. The first kappa shape index (κ1) is 23.4. The summed E-state index contributed by atoms with van der Waals surface area (Å²) in [4.78, 5) is 17.7. The van der Waals surface area contributed by atoms with Gasteiger partial charge in [-0.2, -0.15) is 0 Å². The average molecular weight is 471 g/mol. The minimum atomic E-state index is -0.682. The second-order valence-electron chi connectivity index (χ2n) is 7.89. The third kappa shape index (κ3) is 5.96. The van der Waals surface area contributed by atoms with Gasteiger partial charge in [0.15, 0.2) is 0 Å². The summed E-state index contributed by atoms with van der Waals surface area (Å²) in [5.41, 5.74) is 7.88. The van der Waals surface area contributed by atoms with Gasteiger partial charge in [-0.3, -0.25) is 4.79 Å². The number of hydrogen-bond acceptors (Lipinski definition) is 6. The van der Waals surface area contributed by atoms with Crippen LogP contribution in [0.3, 0.4) is 0 Å². The second-order valence-corrected chi connectivity index (χ2v) is 7.89. The topological polar surface area (TPSA) is 92.5 Å². The van der Waals surface area contributed by atoms with Crippen molar-refractivity contribution in [3.63, 3.8) is 0 Å². The number of anilines is 4. The molecule has 2 aromatic carbocycles. The number of carbonyl (C=O) groups is 1. The molecule has 0 atom stereocenters. The summed E-state index contributed by atoms with van der Waals surface area (Å²) in [5.74, 6) is -1.81. The maximum Gasteiger partial charge on any atom is 0.221 e. The quantitative estimate of drug-likeness (QED) is 0.464. The van der Waals surface area contributed by atoms with Crippen molar-refractivity contribution in [3.05, 3.63) is 77.2 Å². The summed E-state index contributed by atoms with van der Waals surface area (Å²) < 4.78 is 46.8. The fourth-order valence-electron chi connectivity index (χ4n) is 3.74. The van der Waals surface area contributed by atoms with E-state index in [2.05, 4.69) is 15.6 Å². The van der Waals surface area contributed by atoms with Gasteiger partial charge in [0, 0.05) is 54.9 Å². The smallest absolute Gasteiger partial charge is 0.221 e. The van der Waals surface area contributed by atoms with Gasteiger partial charge in [-0.15, -0.1) is 0 Å². The van der Waals surface area contributed by atoms with Crippen molar-refractivity contribution in [2.45, 2.75) is 13.0 Å². The number of benzene rings is 2. The first-order valence-electron chi connectivity index (χ1n) is 10.7. The predicted molar refractivity (Wildman–Crippen MR) is 124 cm³/mol. The Morgan fingerprint density at radius 3 is 2.50 bits per heavy atom. The fraction of sp³-hybridized carbons (Fsp3) is 0.250. The van der Waals surface area contributed by atoms with Gasteiger partial charge < -0.3 is 26.0 Å². The number of primary amides is 1. The molecule has 10 heteroatoms. The number of ether oxygens (including phenoxy) is 1. The lowest BCUT2D eigenvalue weighted by molar-refractivity contribution is -0.117. The van der Waals surface area contributed by atoms with Gasteiger partial charge >= 0.3 is 0 Å². The monoisotopic (exact) mass is 471 g/mol. The Morgan fingerprint density at radius 2 is 1.79 bits per heavy atom. The Kier molecular flexibility index (Phi) is 7.17. The molecule has 3 aromatic rings. The van der Waals surface area contributed by atoms with Crippen LogP contribution in [0.25, 0.3) is 0 Å². The van der Waals surface area contributed by atoms with E-state index in [0.717, 1.165) is 6.07 Å². The Hall–Kier alpha value is -3.79. The number of carbonyl (C=O) groups excluding carboxylic acids is 1. The van der Waals surface area contributed by atoms with Gasteiger partial charge in [-0.05, 0) is 35.9 Å². The van der Waals surface area contributed by atoms with Crippen LogP contribution >= 0.6 is 0 Å². The number of pyridine rings is 1. The number of halogens is 3. The lowest BCUT2D eigenvalue weighted by atomic mass is 10.1. The largest absolute Gasteiger partial charge is 0.381 e. The molecular formula is C24H24F3N5O2. The standard InChI is InChI=1S/C24H24F3N5O2/c25-17-7-15(8-18(26)10-17)13-29-21-12-24(30-14-16(21)9-23(28)33)31-19-1-2-20(27)22(11-19)32-3-5-34-6-4-32/h1-2,7-8,10-12,14H,3-6,9,13H2,(H2,28,33)(H2,29,30,31). The van der Waals surface area contributed by atoms with Gasteiger partial charge in [0.1, 0.15) is 23.3 Å². The SMILES string of the molecule is NC(=O)Cc1cnc(Nc2ccc(F)c(N3CCOCC3)c2)cc1NCc1cc(F)cc(F)c1. The number of amides is 1. The number of nitrogens with one attached hydrogen (secondary N) is 2. The number of rotatable bonds is 8. The number of nitrogens with zero attached hydrogens (tertiary/aromatic N) is 2. The zero-order chi connectivity index (χ0) is 24.1. The summed E-state index contributed by atoms with van der Waals surface area (Å²) in [6.07, 6.45) is 1.43. The van der Waals surface area contributed by atoms with E-state index in [1.807, 2.05) is 4.90 Å². The molecule has 1 fully saturated rings.